The predicted molar refractivity (Wildman–Crippen MR) is 188 cm³/mol. The van der Waals surface area contributed by atoms with Crippen LogP contribution in [0.5, 0.6) is 11.5 Å². The van der Waals surface area contributed by atoms with Gasteiger partial charge in [-0.3, -0.25) is 9.97 Å². The molecule has 0 saturated carbocycles. The molecule has 3 heterocycles. The van der Waals surface area contributed by atoms with Gasteiger partial charge < -0.3 is 9.64 Å². The number of nitrogens with zero attached hydrogens (tertiary/aromatic N) is 3. The molecular formula is C42H27N3O. The van der Waals surface area contributed by atoms with E-state index in [-0.39, 0.29) is 0 Å². The summed E-state index contributed by atoms with van der Waals surface area (Å²) >= 11 is 0. The Hall–Kier alpha value is -6.26. The Kier molecular flexibility index (Phi) is 6.10. The van der Waals surface area contributed by atoms with E-state index in [1.807, 2.05) is 49.1 Å². The topological polar surface area (TPSA) is 38.2 Å². The van der Waals surface area contributed by atoms with Crippen LogP contribution in [0.3, 0.4) is 0 Å². The maximum absolute atomic E-state index is 6.25. The summed E-state index contributed by atoms with van der Waals surface area (Å²) in [6.07, 6.45) is 7.63. The van der Waals surface area contributed by atoms with E-state index in [9.17, 15) is 0 Å². The van der Waals surface area contributed by atoms with Crippen LogP contribution in [0.25, 0.3) is 54.9 Å². The van der Waals surface area contributed by atoms with Gasteiger partial charge in [0.1, 0.15) is 0 Å². The second-order valence-electron chi connectivity index (χ2n) is 11.5. The summed E-state index contributed by atoms with van der Waals surface area (Å²) in [5.41, 5.74) is 10.0. The molecule has 0 amide bonds. The van der Waals surface area contributed by atoms with Crippen molar-refractivity contribution in [3.05, 3.63) is 164 Å². The van der Waals surface area contributed by atoms with Crippen LogP contribution in [0, 0.1) is 0 Å². The average molecular weight is 590 g/mol. The number of ether oxygens (including phenoxy) is 1. The lowest BCUT2D eigenvalue weighted by Gasteiger charge is -2.32. The highest BCUT2D eigenvalue weighted by Gasteiger charge is 2.25. The molecular weight excluding hydrogens is 562 g/mol. The minimum Gasteiger partial charge on any atom is -0.453 e. The van der Waals surface area contributed by atoms with Crippen molar-refractivity contribution >= 4 is 38.6 Å². The smallest absolute Gasteiger partial charge is 0.151 e. The second kappa shape index (κ2) is 10.7. The molecule has 0 saturated heterocycles. The van der Waals surface area contributed by atoms with Gasteiger partial charge in [-0.1, -0.05) is 84.9 Å². The quantitative estimate of drug-likeness (QED) is 0.205. The highest BCUT2D eigenvalue weighted by Crippen LogP contribution is 2.50. The first-order chi connectivity index (χ1) is 22.8. The fraction of sp³-hybridized carbons (Fsp3) is 0. The average Bonchev–Trinajstić information content (AvgIpc) is 3.13. The molecule has 1 aliphatic heterocycles. The minimum absolute atomic E-state index is 0.844. The Bertz CT molecular complexity index is 2360. The van der Waals surface area contributed by atoms with E-state index in [2.05, 4.69) is 130 Å². The molecule has 2 aromatic heterocycles. The summed E-state index contributed by atoms with van der Waals surface area (Å²) in [6, 6.07) is 49.1. The molecule has 0 bridgehead atoms. The van der Waals surface area contributed by atoms with E-state index in [0.717, 1.165) is 72.7 Å². The molecule has 8 aromatic rings. The highest BCUT2D eigenvalue weighted by atomic mass is 16.5. The van der Waals surface area contributed by atoms with Gasteiger partial charge in [-0.05, 0) is 98.8 Å². The zero-order valence-electron chi connectivity index (χ0n) is 24.8. The Balaban J connectivity index is 1.21. The first-order valence-corrected chi connectivity index (χ1v) is 15.4. The van der Waals surface area contributed by atoms with E-state index in [1.54, 1.807) is 0 Å². The van der Waals surface area contributed by atoms with Crippen LogP contribution in [-0.4, -0.2) is 9.97 Å². The monoisotopic (exact) mass is 589 g/mol. The zero-order chi connectivity index (χ0) is 30.5. The van der Waals surface area contributed by atoms with Crippen molar-refractivity contribution in [1.29, 1.82) is 0 Å². The van der Waals surface area contributed by atoms with Crippen LogP contribution in [0.15, 0.2) is 164 Å². The minimum atomic E-state index is 0.844. The van der Waals surface area contributed by atoms with E-state index in [1.165, 1.54) is 10.8 Å². The number of hydrogen-bond donors (Lipinski definition) is 0. The molecule has 216 valence electrons. The largest absolute Gasteiger partial charge is 0.453 e. The van der Waals surface area contributed by atoms with Crippen molar-refractivity contribution in [2.24, 2.45) is 0 Å². The maximum atomic E-state index is 6.25. The number of hydrogen-bond acceptors (Lipinski definition) is 4. The SMILES string of the molecule is c1ccc2c(c1)Oc1ccccc1N2c1ccc(-c2ccc(-c3cccc4ccncc34)cc2-c2cccc3ccncc23)cc1. The van der Waals surface area contributed by atoms with Gasteiger partial charge in [-0.25, -0.2) is 0 Å². The number of pyridine rings is 2. The number of anilines is 3. The summed E-state index contributed by atoms with van der Waals surface area (Å²) in [5.74, 6) is 1.69. The van der Waals surface area contributed by atoms with E-state index >= 15 is 0 Å². The molecule has 0 fully saturated rings. The first kappa shape index (κ1) is 26.2. The molecule has 1 aliphatic rings. The molecule has 46 heavy (non-hydrogen) atoms. The zero-order valence-corrected chi connectivity index (χ0v) is 24.8. The second-order valence-corrected chi connectivity index (χ2v) is 11.5. The van der Waals surface area contributed by atoms with Crippen LogP contribution < -0.4 is 9.64 Å². The van der Waals surface area contributed by atoms with Crippen LogP contribution in [0.2, 0.25) is 0 Å². The number of aromatic nitrogens is 2. The van der Waals surface area contributed by atoms with Crippen LogP contribution >= 0.6 is 0 Å². The van der Waals surface area contributed by atoms with Crippen molar-refractivity contribution in [2.75, 3.05) is 4.90 Å². The third-order valence-corrected chi connectivity index (χ3v) is 8.86. The summed E-state index contributed by atoms with van der Waals surface area (Å²) in [6.45, 7) is 0. The molecule has 4 heteroatoms. The Morgan fingerprint density at radius 2 is 1.02 bits per heavy atom. The van der Waals surface area contributed by atoms with Gasteiger partial charge in [0.05, 0.1) is 11.4 Å². The van der Waals surface area contributed by atoms with Gasteiger partial charge in [-0.2, -0.15) is 0 Å². The van der Waals surface area contributed by atoms with Crippen LogP contribution in [-0.2, 0) is 0 Å². The van der Waals surface area contributed by atoms with E-state index < -0.39 is 0 Å². The third kappa shape index (κ3) is 4.31. The van der Waals surface area contributed by atoms with Gasteiger partial charge in [0.2, 0.25) is 0 Å². The van der Waals surface area contributed by atoms with Gasteiger partial charge in [0.25, 0.3) is 0 Å². The van der Waals surface area contributed by atoms with Crippen molar-refractivity contribution < 1.29 is 4.74 Å². The van der Waals surface area contributed by atoms with Gasteiger partial charge in [0.15, 0.2) is 11.5 Å². The standard InChI is InChI=1S/C42H27N3O/c1-3-13-41-39(11-1)45(40-12-2-4-14-42(40)46-41)32-18-15-30(16-19-32)34-20-17-31(33-9-5-7-28-21-23-43-26-37(28)33)25-36(34)35-10-6-8-29-22-24-44-27-38(29)35/h1-27H. The molecule has 0 N–H and O–H groups in total. The number of para-hydroxylation sites is 4. The summed E-state index contributed by atoms with van der Waals surface area (Å²) in [7, 11) is 0. The normalized spacial score (nSPS) is 12.0. The number of benzene rings is 6. The van der Waals surface area contributed by atoms with E-state index in [0.29, 0.717) is 0 Å². The lowest BCUT2D eigenvalue weighted by molar-refractivity contribution is 0.477. The molecule has 0 radical (unpaired) electrons. The number of rotatable bonds is 4. The lowest BCUT2D eigenvalue weighted by Crippen LogP contribution is -2.15. The van der Waals surface area contributed by atoms with Gasteiger partial charge >= 0.3 is 0 Å². The molecule has 0 unspecified atom stereocenters. The van der Waals surface area contributed by atoms with Crippen molar-refractivity contribution in [3.8, 4) is 44.9 Å². The fourth-order valence-electron chi connectivity index (χ4n) is 6.67. The van der Waals surface area contributed by atoms with Gasteiger partial charge in [0, 0.05) is 41.2 Å². The van der Waals surface area contributed by atoms with Gasteiger partial charge in [-0.15, -0.1) is 0 Å². The fourth-order valence-corrected chi connectivity index (χ4v) is 6.67. The molecule has 0 aliphatic carbocycles. The van der Waals surface area contributed by atoms with Crippen molar-refractivity contribution in [3.63, 3.8) is 0 Å². The first-order valence-electron chi connectivity index (χ1n) is 15.4. The Morgan fingerprint density at radius 1 is 0.435 bits per heavy atom. The van der Waals surface area contributed by atoms with Crippen molar-refractivity contribution in [2.45, 2.75) is 0 Å². The van der Waals surface area contributed by atoms with Crippen LogP contribution in [0.4, 0.5) is 17.1 Å². The van der Waals surface area contributed by atoms with Crippen molar-refractivity contribution in [1.82, 2.24) is 9.97 Å². The predicted octanol–water partition coefficient (Wildman–Crippen LogP) is 11.4. The third-order valence-electron chi connectivity index (χ3n) is 8.86. The number of fused-ring (bicyclic) bond motifs is 4. The Morgan fingerprint density at radius 3 is 1.70 bits per heavy atom. The molecule has 4 nitrogen and oxygen atoms in total. The van der Waals surface area contributed by atoms with E-state index in [4.69, 9.17) is 4.74 Å². The summed E-state index contributed by atoms with van der Waals surface area (Å²) in [4.78, 5) is 11.2. The summed E-state index contributed by atoms with van der Waals surface area (Å²) in [5, 5.41) is 4.60. The Labute approximate surface area is 266 Å². The molecule has 0 spiro atoms. The summed E-state index contributed by atoms with van der Waals surface area (Å²) < 4.78 is 6.25. The van der Waals surface area contributed by atoms with Crippen LogP contribution in [0.1, 0.15) is 0 Å². The molecule has 0 atom stereocenters. The highest BCUT2D eigenvalue weighted by molar-refractivity contribution is 6.03. The molecule has 6 aromatic carbocycles. The molecule has 9 rings (SSSR count). The lowest BCUT2D eigenvalue weighted by atomic mass is 9.88. The maximum Gasteiger partial charge on any atom is 0.151 e.